The van der Waals surface area contributed by atoms with Gasteiger partial charge in [-0.05, 0) is 66.9 Å². The van der Waals surface area contributed by atoms with E-state index in [1.54, 1.807) is 18.4 Å². The summed E-state index contributed by atoms with van der Waals surface area (Å²) in [5.41, 5.74) is 1.71. The Kier molecular flexibility index (Phi) is 7.58. The average molecular weight is 465 g/mol. The van der Waals surface area contributed by atoms with Gasteiger partial charge in [0.05, 0.1) is 42.3 Å². The van der Waals surface area contributed by atoms with E-state index in [0.29, 0.717) is 25.3 Å². The summed E-state index contributed by atoms with van der Waals surface area (Å²) in [5, 5.41) is 11.8. The van der Waals surface area contributed by atoms with Gasteiger partial charge in [0, 0.05) is 6.54 Å². The minimum absolute atomic E-state index is 0.00433. The first-order valence-electron chi connectivity index (χ1n) is 11.3. The zero-order valence-electron chi connectivity index (χ0n) is 18.7. The quantitative estimate of drug-likeness (QED) is 0.616. The monoisotopic (exact) mass is 464 g/mol. The molecule has 2 aliphatic heterocycles. The van der Waals surface area contributed by atoms with Gasteiger partial charge in [0.1, 0.15) is 5.75 Å². The molecule has 33 heavy (non-hydrogen) atoms. The lowest BCUT2D eigenvalue weighted by Gasteiger charge is -2.36. The average Bonchev–Trinajstić information content (AvgIpc) is 3.34. The molecule has 0 amide bonds. The number of Topliss-reactive ketones (excluding diaryl/α,β-unsaturated/α-hetero) is 1. The highest BCUT2D eigenvalue weighted by Crippen LogP contribution is 2.38. The number of methoxy groups -OCH3 is 1. The molecule has 1 saturated heterocycles. The summed E-state index contributed by atoms with van der Waals surface area (Å²) in [6.07, 6.45) is 4.53. The third kappa shape index (κ3) is 5.70. The Balaban J connectivity index is 1.33. The van der Waals surface area contributed by atoms with E-state index in [1.165, 1.54) is 6.21 Å². The molecule has 1 unspecified atom stereocenters. The SMILES string of the molecule is COc1ccc2c(c1)C(CCC[C@@H]1CCN(CC#Cc3cccs3)C[C@@H]1C(=O)O)C(=O)C=N2. The molecule has 0 radical (unpaired) electrons. The Labute approximate surface area is 198 Å². The van der Waals surface area contributed by atoms with Gasteiger partial charge in [-0.25, -0.2) is 0 Å². The Morgan fingerprint density at radius 1 is 1.33 bits per heavy atom. The maximum Gasteiger partial charge on any atom is 0.308 e. The molecule has 1 fully saturated rings. The van der Waals surface area contributed by atoms with Crippen LogP contribution in [0.3, 0.4) is 0 Å². The maximum absolute atomic E-state index is 12.5. The van der Waals surface area contributed by atoms with E-state index in [-0.39, 0.29) is 17.6 Å². The fourth-order valence-corrected chi connectivity index (χ4v) is 5.33. The van der Waals surface area contributed by atoms with Crippen LogP contribution in [-0.2, 0) is 9.59 Å². The number of aliphatic imine (C=N–C) groups is 1. The number of benzene rings is 1. The van der Waals surface area contributed by atoms with Crippen molar-refractivity contribution in [1.29, 1.82) is 0 Å². The Morgan fingerprint density at radius 3 is 2.97 bits per heavy atom. The number of hydrogen-bond acceptors (Lipinski definition) is 6. The standard InChI is InChI=1S/C26H28N2O4S/c1-32-19-9-10-24-22(15-19)21(25(29)16-27-24)8-2-5-18-11-13-28(17-23(18)26(30)31)12-3-6-20-7-4-14-33-20/h4,7,9-10,14-16,18,21,23H,2,5,8,11-13,17H2,1H3,(H,30,31)/t18-,21?,23+/m1/s1. The molecule has 1 aromatic heterocycles. The van der Waals surface area contributed by atoms with Crippen molar-refractivity contribution in [2.45, 2.75) is 31.6 Å². The summed E-state index contributed by atoms with van der Waals surface area (Å²) in [6, 6.07) is 9.58. The first-order chi connectivity index (χ1) is 16.0. The van der Waals surface area contributed by atoms with Crippen molar-refractivity contribution in [1.82, 2.24) is 4.90 Å². The first-order valence-corrected chi connectivity index (χ1v) is 12.2. The zero-order valence-corrected chi connectivity index (χ0v) is 19.5. The molecule has 0 bridgehead atoms. The van der Waals surface area contributed by atoms with E-state index >= 15 is 0 Å². The number of hydrogen-bond donors (Lipinski definition) is 1. The van der Waals surface area contributed by atoms with Gasteiger partial charge in [0.2, 0.25) is 0 Å². The number of carbonyl (C=O) groups is 2. The zero-order chi connectivity index (χ0) is 23.2. The second-order valence-corrected chi connectivity index (χ2v) is 9.52. The van der Waals surface area contributed by atoms with Crippen LogP contribution < -0.4 is 4.74 Å². The Hall–Kier alpha value is -2.95. The van der Waals surface area contributed by atoms with E-state index in [4.69, 9.17) is 4.74 Å². The predicted octanol–water partition coefficient (Wildman–Crippen LogP) is 4.37. The smallest absolute Gasteiger partial charge is 0.308 e. The highest BCUT2D eigenvalue weighted by atomic mass is 32.1. The number of thiophene rings is 1. The van der Waals surface area contributed by atoms with Gasteiger partial charge in [0.25, 0.3) is 0 Å². The molecule has 3 atom stereocenters. The number of piperidine rings is 1. The van der Waals surface area contributed by atoms with Crippen molar-refractivity contribution in [3.8, 4) is 17.6 Å². The summed E-state index contributed by atoms with van der Waals surface area (Å²) in [4.78, 5) is 31.9. The number of carboxylic acids is 1. The van der Waals surface area contributed by atoms with E-state index in [2.05, 4.69) is 21.7 Å². The predicted molar refractivity (Wildman–Crippen MR) is 130 cm³/mol. The van der Waals surface area contributed by atoms with Gasteiger partial charge >= 0.3 is 5.97 Å². The number of likely N-dealkylation sites (tertiary alicyclic amines) is 1. The van der Waals surface area contributed by atoms with Gasteiger partial charge in [-0.15, -0.1) is 11.3 Å². The molecule has 0 spiro atoms. The fourth-order valence-electron chi connectivity index (χ4n) is 4.74. The number of fused-ring (bicyclic) bond motifs is 1. The van der Waals surface area contributed by atoms with Gasteiger partial charge in [-0.2, -0.15) is 0 Å². The molecule has 172 valence electrons. The number of ketones is 1. The van der Waals surface area contributed by atoms with Crippen LogP contribution in [0.4, 0.5) is 5.69 Å². The molecule has 2 aromatic rings. The molecule has 3 heterocycles. The number of ether oxygens (including phenoxy) is 1. The van der Waals surface area contributed by atoms with Crippen LogP contribution in [-0.4, -0.2) is 54.7 Å². The molecule has 1 aromatic carbocycles. The van der Waals surface area contributed by atoms with E-state index in [0.717, 1.165) is 41.9 Å². The molecule has 1 N–H and O–H groups in total. The molecular weight excluding hydrogens is 436 g/mol. The van der Waals surface area contributed by atoms with Crippen LogP contribution in [0, 0.1) is 23.7 Å². The number of nitrogens with zero attached hydrogens (tertiary/aromatic N) is 2. The number of carbonyl (C=O) groups excluding carboxylic acids is 1. The summed E-state index contributed by atoms with van der Waals surface area (Å²) < 4.78 is 5.32. The van der Waals surface area contributed by atoms with Crippen LogP contribution >= 0.6 is 11.3 Å². The molecule has 0 saturated carbocycles. The van der Waals surface area contributed by atoms with Crippen LogP contribution in [0.15, 0.2) is 40.7 Å². The molecule has 2 aliphatic rings. The maximum atomic E-state index is 12.5. The van der Waals surface area contributed by atoms with Crippen molar-refractivity contribution in [3.63, 3.8) is 0 Å². The summed E-state index contributed by atoms with van der Waals surface area (Å²) in [6.45, 7) is 1.96. The van der Waals surface area contributed by atoms with Crippen LogP contribution in [0.5, 0.6) is 5.75 Å². The summed E-state index contributed by atoms with van der Waals surface area (Å²) in [5.74, 6) is 5.76. The molecule has 7 heteroatoms. The Bertz CT molecular complexity index is 1080. The minimum Gasteiger partial charge on any atom is -0.497 e. The fraction of sp³-hybridized carbons (Fsp3) is 0.423. The van der Waals surface area contributed by atoms with Gasteiger partial charge in [-0.1, -0.05) is 24.3 Å². The third-order valence-electron chi connectivity index (χ3n) is 6.54. The van der Waals surface area contributed by atoms with Gasteiger partial charge in [0.15, 0.2) is 5.78 Å². The van der Waals surface area contributed by atoms with Crippen LogP contribution in [0.2, 0.25) is 0 Å². The third-order valence-corrected chi connectivity index (χ3v) is 7.33. The first kappa shape index (κ1) is 23.2. The second kappa shape index (κ2) is 10.8. The molecular formula is C26H28N2O4S. The van der Waals surface area contributed by atoms with Crippen molar-refractivity contribution in [2.75, 3.05) is 26.7 Å². The van der Waals surface area contributed by atoms with E-state index in [9.17, 15) is 14.7 Å². The molecule has 4 rings (SSSR count). The van der Waals surface area contributed by atoms with E-state index < -0.39 is 11.9 Å². The topological polar surface area (TPSA) is 79.2 Å². The Morgan fingerprint density at radius 2 is 2.21 bits per heavy atom. The number of carboxylic acid groups (broad SMARTS) is 1. The van der Waals surface area contributed by atoms with Crippen molar-refractivity contribution >= 4 is 35.0 Å². The molecule has 0 aliphatic carbocycles. The van der Waals surface area contributed by atoms with E-state index in [1.807, 2.05) is 35.7 Å². The van der Waals surface area contributed by atoms with Crippen LogP contribution in [0.25, 0.3) is 0 Å². The molecule has 6 nitrogen and oxygen atoms in total. The summed E-state index contributed by atoms with van der Waals surface area (Å²) in [7, 11) is 1.61. The largest absolute Gasteiger partial charge is 0.497 e. The second-order valence-electron chi connectivity index (χ2n) is 8.58. The van der Waals surface area contributed by atoms with Gasteiger partial charge in [-0.3, -0.25) is 19.5 Å². The van der Waals surface area contributed by atoms with Gasteiger partial charge < -0.3 is 9.84 Å². The normalized spacial score (nSPS) is 22.3. The van der Waals surface area contributed by atoms with Crippen LogP contribution in [0.1, 0.15) is 42.0 Å². The lowest BCUT2D eigenvalue weighted by Crippen LogP contribution is -2.44. The van der Waals surface area contributed by atoms with Crippen molar-refractivity contribution in [2.24, 2.45) is 16.8 Å². The lowest BCUT2D eigenvalue weighted by atomic mass is 9.80. The number of rotatable bonds is 7. The number of aliphatic carboxylic acids is 1. The minimum atomic E-state index is -0.744. The highest BCUT2D eigenvalue weighted by molar-refractivity contribution is 7.10. The van der Waals surface area contributed by atoms with Crippen molar-refractivity contribution < 1.29 is 19.4 Å². The van der Waals surface area contributed by atoms with Crippen molar-refractivity contribution in [3.05, 3.63) is 46.2 Å². The summed E-state index contributed by atoms with van der Waals surface area (Å²) >= 11 is 1.61. The lowest BCUT2D eigenvalue weighted by molar-refractivity contribution is -0.146. The highest BCUT2D eigenvalue weighted by Gasteiger charge is 2.34.